The highest BCUT2D eigenvalue weighted by molar-refractivity contribution is 5.26. The number of hydrogen-bond acceptors (Lipinski definition) is 1. The zero-order valence-electron chi connectivity index (χ0n) is 10.2. The Morgan fingerprint density at radius 3 is 2.42 bits per heavy atom. The molecule has 0 amide bonds. The Balaban J connectivity index is 2.04. The molecule has 0 unspecified atom stereocenters. The van der Waals surface area contributed by atoms with Gasteiger partial charge in [0.1, 0.15) is 11.6 Å². The van der Waals surface area contributed by atoms with Crippen molar-refractivity contribution in [3.05, 3.63) is 71.3 Å². The molecule has 2 aromatic rings. The van der Waals surface area contributed by atoms with Gasteiger partial charge in [0.15, 0.2) is 0 Å². The Hall–Kier alpha value is -2.18. The van der Waals surface area contributed by atoms with Crippen LogP contribution in [0.15, 0.2) is 48.5 Å². The van der Waals surface area contributed by atoms with Crippen LogP contribution in [0, 0.1) is 24.0 Å². The van der Waals surface area contributed by atoms with Crippen molar-refractivity contribution in [2.24, 2.45) is 0 Å². The van der Waals surface area contributed by atoms with Gasteiger partial charge in [-0.3, -0.25) is 5.32 Å². The van der Waals surface area contributed by atoms with Crippen molar-refractivity contribution in [3.63, 3.8) is 0 Å². The van der Waals surface area contributed by atoms with E-state index < -0.39 is 0 Å². The van der Waals surface area contributed by atoms with Crippen molar-refractivity contribution in [3.8, 4) is 12.3 Å². The van der Waals surface area contributed by atoms with Gasteiger partial charge in [-0.05, 0) is 35.4 Å². The van der Waals surface area contributed by atoms with Crippen LogP contribution < -0.4 is 5.32 Å². The number of rotatable bonds is 4. The largest absolute Gasteiger partial charge is 0.296 e. The molecule has 2 aromatic carbocycles. The van der Waals surface area contributed by atoms with E-state index in [2.05, 4.69) is 11.2 Å². The summed E-state index contributed by atoms with van der Waals surface area (Å²) in [6.45, 7) is 0.448. The van der Waals surface area contributed by atoms with E-state index in [9.17, 15) is 8.78 Å². The Bertz CT molecular complexity index is 584. The van der Waals surface area contributed by atoms with Crippen molar-refractivity contribution in [2.75, 3.05) is 0 Å². The lowest BCUT2D eigenvalue weighted by Gasteiger charge is -2.13. The molecule has 0 fully saturated rings. The standard InChI is InChI=1S/C16H13F2N/c1-2-16(13-6-8-14(17)9-7-13)19-11-12-4-3-5-15(18)10-12/h1,3-10,16,19H,11H2/t16-/m1/s1. The molecule has 1 N–H and O–H groups in total. The zero-order valence-corrected chi connectivity index (χ0v) is 10.2. The number of hydrogen-bond donors (Lipinski definition) is 1. The average molecular weight is 257 g/mol. The van der Waals surface area contributed by atoms with Crippen molar-refractivity contribution < 1.29 is 8.78 Å². The minimum atomic E-state index is -0.330. The fourth-order valence-electron chi connectivity index (χ4n) is 1.80. The molecule has 0 aliphatic heterocycles. The molecular weight excluding hydrogens is 244 g/mol. The smallest absolute Gasteiger partial charge is 0.123 e. The van der Waals surface area contributed by atoms with Gasteiger partial charge in [-0.25, -0.2) is 8.78 Å². The summed E-state index contributed by atoms with van der Waals surface area (Å²) in [7, 11) is 0. The third-order valence-corrected chi connectivity index (χ3v) is 2.77. The molecule has 0 saturated carbocycles. The lowest BCUT2D eigenvalue weighted by molar-refractivity contribution is 0.606. The highest BCUT2D eigenvalue weighted by atomic mass is 19.1. The summed E-state index contributed by atoms with van der Waals surface area (Å²) in [6, 6.07) is 12.0. The van der Waals surface area contributed by atoms with Crippen LogP contribution in [-0.4, -0.2) is 0 Å². The second kappa shape index (κ2) is 6.12. The first kappa shape index (κ1) is 13.3. The first-order chi connectivity index (χ1) is 9.19. The molecule has 0 aromatic heterocycles. The number of nitrogens with one attached hydrogen (secondary N) is 1. The van der Waals surface area contributed by atoms with Gasteiger partial charge in [-0.15, -0.1) is 6.42 Å². The summed E-state index contributed by atoms with van der Waals surface area (Å²) in [5, 5.41) is 3.12. The SMILES string of the molecule is C#C[C@@H](NCc1cccc(F)c1)c1ccc(F)cc1. The fourth-order valence-corrected chi connectivity index (χ4v) is 1.80. The molecule has 2 rings (SSSR count). The molecule has 0 spiro atoms. The number of terminal acetylenes is 1. The van der Waals surface area contributed by atoms with Gasteiger partial charge in [0.2, 0.25) is 0 Å². The van der Waals surface area contributed by atoms with Crippen molar-refractivity contribution in [1.29, 1.82) is 0 Å². The van der Waals surface area contributed by atoms with Gasteiger partial charge < -0.3 is 0 Å². The normalized spacial score (nSPS) is 11.8. The van der Waals surface area contributed by atoms with Crippen molar-refractivity contribution in [2.45, 2.75) is 12.6 Å². The van der Waals surface area contributed by atoms with Crippen molar-refractivity contribution >= 4 is 0 Å². The van der Waals surface area contributed by atoms with E-state index >= 15 is 0 Å². The second-order valence-electron chi connectivity index (χ2n) is 4.16. The molecular formula is C16H13F2N. The minimum absolute atomic E-state index is 0.279. The van der Waals surface area contributed by atoms with Gasteiger partial charge >= 0.3 is 0 Å². The zero-order chi connectivity index (χ0) is 13.7. The third-order valence-electron chi connectivity index (χ3n) is 2.77. The highest BCUT2D eigenvalue weighted by Gasteiger charge is 2.07. The number of halogens is 2. The lowest BCUT2D eigenvalue weighted by Crippen LogP contribution is -2.19. The van der Waals surface area contributed by atoms with E-state index in [1.807, 2.05) is 6.07 Å². The molecule has 3 heteroatoms. The predicted molar refractivity (Wildman–Crippen MR) is 71.2 cm³/mol. The average Bonchev–Trinajstić information content (AvgIpc) is 2.41. The Morgan fingerprint density at radius 2 is 1.79 bits per heavy atom. The molecule has 0 bridgehead atoms. The van der Waals surface area contributed by atoms with E-state index in [-0.39, 0.29) is 17.7 Å². The van der Waals surface area contributed by atoms with Crippen LogP contribution in [0.3, 0.4) is 0 Å². The topological polar surface area (TPSA) is 12.0 Å². The maximum atomic E-state index is 13.0. The van der Waals surface area contributed by atoms with Crippen molar-refractivity contribution in [1.82, 2.24) is 5.32 Å². The number of benzene rings is 2. The van der Waals surface area contributed by atoms with Gasteiger partial charge in [0.25, 0.3) is 0 Å². The third kappa shape index (κ3) is 3.64. The van der Waals surface area contributed by atoms with Crippen LogP contribution in [0.5, 0.6) is 0 Å². The van der Waals surface area contributed by atoms with E-state index in [0.717, 1.165) is 11.1 Å². The first-order valence-electron chi connectivity index (χ1n) is 5.88. The van der Waals surface area contributed by atoms with Gasteiger partial charge in [0, 0.05) is 6.54 Å². The summed E-state index contributed by atoms with van der Waals surface area (Å²) in [5.74, 6) is 2.01. The van der Waals surface area contributed by atoms with Gasteiger partial charge in [-0.2, -0.15) is 0 Å². The van der Waals surface area contributed by atoms with Crippen LogP contribution >= 0.6 is 0 Å². The van der Waals surface area contributed by atoms with E-state index in [0.29, 0.717) is 6.54 Å². The fraction of sp³-hybridized carbons (Fsp3) is 0.125. The first-order valence-corrected chi connectivity index (χ1v) is 5.88. The maximum Gasteiger partial charge on any atom is 0.123 e. The minimum Gasteiger partial charge on any atom is -0.296 e. The van der Waals surface area contributed by atoms with Crippen LogP contribution in [-0.2, 0) is 6.54 Å². The molecule has 19 heavy (non-hydrogen) atoms. The Labute approximate surface area is 111 Å². The highest BCUT2D eigenvalue weighted by Crippen LogP contribution is 2.14. The second-order valence-corrected chi connectivity index (χ2v) is 4.16. The summed E-state index contributed by atoms with van der Waals surface area (Å²) in [6.07, 6.45) is 5.46. The van der Waals surface area contributed by atoms with E-state index in [1.54, 1.807) is 18.2 Å². The summed E-state index contributed by atoms with van der Waals surface area (Å²) >= 11 is 0. The maximum absolute atomic E-state index is 13.0. The quantitative estimate of drug-likeness (QED) is 0.827. The monoisotopic (exact) mass is 257 g/mol. The Kier molecular flexibility index (Phi) is 4.27. The van der Waals surface area contributed by atoms with Crippen LogP contribution in [0.4, 0.5) is 8.78 Å². The molecule has 0 radical (unpaired) electrons. The summed E-state index contributed by atoms with van der Waals surface area (Å²) < 4.78 is 25.9. The summed E-state index contributed by atoms with van der Waals surface area (Å²) in [4.78, 5) is 0. The molecule has 0 aliphatic carbocycles. The van der Waals surface area contributed by atoms with Crippen LogP contribution in [0.1, 0.15) is 17.2 Å². The predicted octanol–water partition coefficient (Wildman–Crippen LogP) is 3.43. The molecule has 0 saturated heterocycles. The van der Waals surface area contributed by atoms with E-state index in [1.165, 1.54) is 24.3 Å². The van der Waals surface area contributed by atoms with Crippen LogP contribution in [0.25, 0.3) is 0 Å². The van der Waals surface area contributed by atoms with Crippen LogP contribution in [0.2, 0.25) is 0 Å². The molecule has 1 nitrogen and oxygen atoms in total. The molecule has 96 valence electrons. The molecule has 1 atom stereocenters. The summed E-state index contributed by atoms with van der Waals surface area (Å²) in [5.41, 5.74) is 1.61. The molecule has 0 heterocycles. The molecule has 0 aliphatic rings. The Morgan fingerprint density at radius 1 is 1.05 bits per heavy atom. The van der Waals surface area contributed by atoms with Gasteiger partial charge in [0.05, 0.1) is 6.04 Å². The van der Waals surface area contributed by atoms with E-state index in [4.69, 9.17) is 6.42 Å². The lowest BCUT2D eigenvalue weighted by atomic mass is 10.1. The van der Waals surface area contributed by atoms with Gasteiger partial charge in [-0.1, -0.05) is 30.2 Å².